The predicted octanol–water partition coefficient (Wildman–Crippen LogP) is 0.616. The van der Waals surface area contributed by atoms with Crippen LogP contribution in [-0.4, -0.2) is 37.5 Å². The van der Waals surface area contributed by atoms with Crippen LogP contribution in [0.15, 0.2) is 12.1 Å². The summed E-state index contributed by atoms with van der Waals surface area (Å²) in [5.74, 6) is -0.708. The molecule has 0 aliphatic carbocycles. The number of aromatic hydroxyl groups is 1. The average molecular weight is 242 g/mol. The smallest absolute Gasteiger partial charge is 0.339 e. The summed E-state index contributed by atoms with van der Waals surface area (Å²) >= 11 is 0. The Kier molecular flexibility index (Phi) is 4.17. The maximum absolute atomic E-state index is 11.2. The zero-order valence-corrected chi connectivity index (χ0v) is 9.76. The molecule has 1 aromatic rings. The fourth-order valence-electron chi connectivity index (χ4n) is 1.37. The summed E-state index contributed by atoms with van der Waals surface area (Å²) in [5.41, 5.74) is 0.159. The Morgan fingerprint density at radius 1 is 1.24 bits per heavy atom. The molecule has 0 amide bonds. The van der Waals surface area contributed by atoms with Gasteiger partial charge < -0.3 is 24.4 Å². The Morgan fingerprint density at radius 2 is 1.88 bits per heavy atom. The van der Waals surface area contributed by atoms with Crippen molar-refractivity contribution in [2.75, 3.05) is 21.3 Å². The molecule has 1 rings (SSSR count). The van der Waals surface area contributed by atoms with Crippen LogP contribution in [0.5, 0.6) is 17.2 Å². The van der Waals surface area contributed by atoms with E-state index < -0.39 is 12.1 Å². The van der Waals surface area contributed by atoms with E-state index in [0.29, 0.717) is 0 Å². The standard InChI is InChI=1S/C11H14O6/c1-15-8-5-6(9(13)11(14)17-3)4-7(12)10(8)16-2/h4-5,9,12-13H,1-3H3. The molecule has 0 spiro atoms. The number of carbonyl (C=O) groups is 1. The van der Waals surface area contributed by atoms with Gasteiger partial charge >= 0.3 is 5.97 Å². The van der Waals surface area contributed by atoms with Crippen LogP contribution in [0.4, 0.5) is 0 Å². The summed E-state index contributed by atoms with van der Waals surface area (Å²) in [6.07, 6.45) is -1.48. The average Bonchev–Trinajstić information content (AvgIpc) is 2.35. The van der Waals surface area contributed by atoms with Gasteiger partial charge in [-0.25, -0.2) is 4.79 Å². The largest absolute Gasteiger partial charge is 0.504 e. The van der Waals surface area contributed by atoms with E-state index in [1.807, 2.05) is 0 Å². The van der Waals surface area contributed by atoms with Crippen LogP contribution in [0, 0.1) is 0 Å². The van der Waals surface area contributed by atoms with E-state index in [1.54, 1.807) is 0 Å². The second kappa shape index (κ2) is 5.40. The number of carbonyl (C=O) groups excluding carboxylic acids is 1. The number of methoxy groups -OCH3 is 3. The third kappa shape index (κ3) is 2.59. The fourth-order valence-corrected chi connectivity index (χ4v) is 1.37. The summed E-state index contributed by atoms with van der Waals surface area (Å²) in [6, 6.07) is 2.60. The second-order valence-corrected chi connectivity index (χ2v) is 3.20. The second-order valence-electron chi connectivity index (χ2n) is 3.20. The summed E-state index contributed by atoms with van der Waals surface area (Å²) in [6.45, 7) is 0. The van der Waals surface area contributed by atoms with E-state index >= 15 is 0 Å². The molecule has 1 atom stereocenters. The minimum Gasteiger partial charge on any atom is -0.504 e. The summed E-state index contributed by atoms with van der Waals surface area (Å²) in [5, 5.41) is 19.3. The molecule has 0 radical (unpaired) electrons. The number of benzene rings is 1. The third-order valence-corrected chi connectivity index (χ3v) is 2.22. The van der Waals surface area contributed by atoms with Crippen molar-refractivity contribution in [2.24, 2.45) is 0 Å². The van der Waals surface area contributed by atoms with Gasteiger partial charge in [0.2, 0.25) is 5.75 Å². The molecule has 1 aromatic carbocycles. The number of hydrogen-bond acceptors (Lipinski definition) is 6. The highest BCUT2D eigenvalue weighted by atomic mass is 16.5. The number of rotatable bonds is 4. The molecule has 0 saturated heterocycles. The van der Waals surface area contributed by atoms with Crippen LogP contribution < -0.4 is 9.47 Å². The first kappa shape index (κ1) is 13.1. The number of aliphatic hydroxyl groups is 1. The number of hydrogen-bond donors (Lipinski definition) is 2. The lowest BCUT2D eigenvalue weighted by molar-refractivity contribution is -0.150. The van der Waals surface area contributed by atoms with Crippen molar-refractivity contribution in [3.63, 3.8) is 0 Å². The monoisotopic (exact) mass is 242 g/mol. The van der Waals surface area contributed by atoms with Gasteiger partial charge in [0.05, 0.1) is 21.3 Å². The van der Waals surface area contributed by atoms with Crippen LogP contribution in [0.3, 0.4) is 0 Å². The minimum absolute atomic E-state index is 0.133. The van der Waals surface area contributed by atoms with Crippen molar-refractivity contribution >= 4 is 5.97 Å². The Hall–Kier alpha value is -1.95. The van der Waals surface area contributed by atoms with E-state index in [9.17, 15) is 15.0 Å². The Labute approximate surface area is 98.3 Å². The van der Waals surface area contributed by atoms with Crippen molar-refractivity contribution in [1.82, 2.24) is 0 Å². The van der Waals surface area contributed by atoms with Crippen molar-refractivity contribution in [2.45, 2.75) is 6.10 Å². The van der Waals surface area contributed by atoms with Crippen LogP contribution in [-0.2, 0) is 9.53 Å². The van der Waals surface area contributed by atoms with Gasteiger partial charge in [-0.15, -0.1) is 0 Å². The van der Waals surface area contributed by atoms with Crippen LogP contribution >= 0.6 is 0 Å². The molecule has 0 aromatic heterocycles. The lowest BCUT2D eigenvalue weighted by Crippen LogP contribution is -2.13. The molecule has 6 heteroatoms. The van der Waals surface area contributed by atoms with Crippen LogP contribution in [0.1, 0.15) is 11.7 Å². The first-order valence-corrected chi connectivity index (χ1v) is 4.76. The molecular formula is C11H14O6. The number of aliphatic hydroxyl groups excluding tert-OH is 1. The van der Waals surface area contributed by atoms with Crippen molar-refractivity contribution in [3.8, 4) is 17.2 Å². The molecule has 0 bridgehead atoms. The minimum atomic E-state index is -1.48. The number of phenols is 1. The van der Waals surface area contributed by atoms with Crippen molar-refractivity contribution < 1.29 is 29.2 Å². The highest BCUT2D eigenvalue weighted by molar-refractivity contribution is 5.77. The highest BCUT2D eigenvalue weighted by Gasteiger charge is 2.22. The zero-order valence-electron chi connectivity index (χ0n) is 9.76. The van der Waals surface area contributed by atoms with Gasteiger partial charge in [-0.05, 0) is 17.7 Å². The molecule has 0 fully saturated rings. The molecule has 0 aliphatic rings. The summed E-state index contributed by atoms with van der Waals surface area (Å²) in [7, 11) is 3.91. The normalized spacial score (nSPS) is 11.8. The lowest BCUT2D eigenvalue weighted by atomic mass is 10.1. The van der Waals surface area contributed by atoms with Gasteiger partial charge in [-0.3, -0.25) is 0 Å². The van der Waals surface area contributed by atoms with E-state index in [1.165, 1.54) is 26.4 Å². The Balaban J connectivity index is 3.19. The van der Waals surface area contributed by atoms with Gasteiger partial charge in [0.15, 0.2) is 17.6 Å². The summed E-state index contributed by atoms with van der Waals surface area (Å²) in [4.78, 5) is 11.2. The number of esters is 1. The molecule has 0 saturated carbocycles. The van der Waals surface area contributed by atoms with E-state index in [2.05, 4.69) is 4.74 Å². The molecule has 0 heterocycles. The Bertz CT molecular complexity index is 415. The number of phenolic OH excluding ortho intramolecular Hbond substituents is 1. The summed E-state index contributed by atoms with van der Waals surface area (Å²) < 4.78 is 14.3. The maximum atomic E-state index is 11.2. The van der Waals surface area contributed by atoms with E-state index in [4.69, 9.17) is 9.47 Å². The van der Waals surface area contributed by atoms with Gasteiger partial charge in [-0.2, -0.15) is 0 Å². The predicted molar refractivity (Wildman–Crippen MR) is 58.2 cm³/mol. The zero-order chi connectivity index (χ0) is 13.0. The van der Waals surface area contributed by atoms with Crippen LogP contribution in [0.25, 0.3) is 0 Å². The van der Waals surface area contributed by atoms with E-state index in [0.717, 1.165) is 7.11 Å². The molecule has 17 heavy (non-hydrogen) atoms. The molecule has 1 unspecified atom stereocenters. The molecule has 94 valence electrons. The van der Waals surface area contributed by atoms with Gasteiger partial charge in [0, 0.05) is 0 Å². The van der Waals surface area contributed by atoms with Gasteiger partial charge in [-0.1, -0.05) is 0 Å². The SMILES string of the molecule is COC(=O)C(O)c1cc(O)c(OC)c(OC)c1. The fraction of sp³-hybridized carbons (Fsp3) is 0.364. The number of ether oxygens (including phenoxy) is 3. The van der Waals surface area contributed by atoms with Crippen LogP contribution in [0.2, 0.25) is 0 Å². The quantitative estimate of drug-likeness (QED) is 0.753. The van der Waals surface area contributed by atoms with Gasteiger partial charge in [0.25, 0.3) is 0 Å². The highest BCUT2D eigenvalue weighted by Crippen LogP contribution is 2.39. The van der Waals surface area contributed by atoms with Gasteiger partial charge in [0.1, 0.15) is 0 Å². The molecule has 6 nitrogen and oxygen atoms in total. The maximum Gasteiger partial charge on any atom is 0.339 e. The lowest BCUT2D eigenvalue weighted by Gasteiger charge is -2.14. The molecule has 2 N–H and O–H groups in total. The first-order valence-electron chi connectivity index (χ1n) is 4.76. The van der Waals surface area contributed by atoms with Crippen molar-refractivity contribution in [3.05, 3.63) is 17.7 Å². The molecule has 0 aliphatic heterocycles. The topological polar surface area (TPSA) is 85.2 Å². The Morgan fingerprint density at radius 3 is 2.35 bits per heavy atom. The van der Waals surface area contributed by atoms with Crippen molar-refractivity contribution in [1.29, 1.82) is 0 Å². The van der Waals surface area contributed by atoms with E-state index in [-0.39, 0.29) is 22.8 Å². The first-order chi connectivity index (χ1) is 8.04. The third-order valence-electron chi connectivity index (χ3n) is 2.22. The molecular weight excluding hydrogens is 228 g/mol.